The Balaban J connectivity index is 2.55. The highest BCUT2D eigenvalue weighted by Gasteiger charge is 2.03. The van der Waals surface area contributed by atoms with Gasteiger partial charge < -0.3 is 10.7 Å². The first kappa shape index (κ1) is 10.4. The number of aromatic amines is 1. The van der Waals surface area contributed by atoms with Gasteiger partial charge in [0.1, 0.15) is 5.82 Å². The number of nitrogens with zero attached hydrogens (tertiary/aromatic N) is 1. The van der Waals surface area contributed by atoms with Gasteiger partial charge in [0, 0.05) is 23.0 Å². The predicted octanol–water partition coefficient (Wildman–Crippen LogP) is 1.58. The Labute approximate surface area is 93.2 Å². The molecule has 0 bridgehead atoms. The number of anilines is 1. The number of aryl methyl sites for hydroxylation is 1. The van der Waals surface area contributed by atoms with E-state index < -0.39 is 0 Å². The number of nitrogen functional groups attached to an aromatic ring is 1. The van der Waals surface area contributed by atoms with Gasteiger partial charge in [-0.3, -0.25) is 4.79 Å². The number of hydrogen-bond donors (Lipinski definition) is 2. The average Bonchev–Trinajstić information content (AvgIpc) is 2.28. The van der Waals surface area contributed by atoms with Gasteiger partial charge in [0.25, 0.3) is 5.56 Å². The molecule has 0 aliphatic heterocycles. The van der Waals surface area contributed by atoms with Gasteiger partial charge in [0.2, 0.25) is 0 Å². The Hall–Kier alpha value is -2.10. The Bertz CT molecular complexity index is 560. The van der Waals surface area contributed by atoms with E-state index in [-0.39, 0.29) is 5.56 Å². The van der Waals surface area contributed by atoms with Crippen LogP contribution in [0.2, 0.25) is 0 Å². The van der Waals surface area contributed by atoms with Crippen molar-refractivity contribution in [1.82, 2.24) is 9.97 Å². The van der Waals surface area contributed by atoms with E-state index in [1.165, 1.54) is 6.07 Å². The number of hydrogen-bond acceptors (Lipinski definition) is 3. The monoisotopic (exact) mass is 215 g/mol. The zero-order valence-electron chi connectivity index (χ0n) is 9.03. The summed E-state index contributed by atoms with van der Waals surface area (Å²) < 4.78 is 0. The van der Waals surface area contributed by atoms with Crippen LogP contribution in [0.3, 0.4) is 0 Å². The molecule has 0 unspecified atom stereocenters. The number of benzene rings is 1. The summed E-state index contributed by atoms with van der Waals surface area (Å²) in [6.07, 6.45) is 0.735. The van der Waals surface area contributed by atoms with Gasteiger partial charge in [-0.1, -0.05) is 19.1 Å². The minimum absolute atomic E-state index is 0.135. The molecule has 0 saturated heterocycles. The van der Waals surface area contributed by atoms with Crippen LogP contribution >= 0.6 is 0 Å². The number of rotatable bonds is 2. The van der Waals surface area contributed by atoms with E-state index in [9.17, 15) is 4.79 Å². The van der Waals surface area contributed by atoms with Crippen LogP contribution in [0.4, 0.5) is 5.69 Å². The second-order valence-electron chi connectivity index (χ2n) is 3.56. The summed E-state index contributed by atoms with van der Waals surface area (Å²) in [6, 6.07) is 8.80. The third-order valence-electron chi connectivity index (χ3n) is 2.32. The Morgan fingerprint density at radius 3 is 2.88 bits per heavy atom. The normalized spacial score (nSPS) is 10.3. The average molecular weight is 215 g/mol. The molecule has 4 heteroatoms. The van der Waals surface area contributed by atoms with Crippen molar-refractivity contribution in [2.24, 2.45) is 0 Å². The number of nitrogens with two attached hydrogens (primary N) is 1. The molecule has 2 rings (SSSR count). The molecule has 1 heterocycles. The first-order valence-electron chi connectivity index (χ1n) is 5.15. The minimum atomic E-state index is -0.135. The fourth-order valence-corrected chi connectivity index (χ4v) is 1.51. The maximum atomic E-state index is 11.4. The van der Waals surface area contributed by atoms with Crippen LogP contribution in [0, 0.1) is 0 Å². The van der Waals surface area contributed by atoms with Crippen molar-refractivity contribution in [1.29, 1.82) is 0 Å². The molecule has 0 atom stereocenters. The van der Waals surface area contributed by atoms with Crippen molar-refractivity contribution in [3.8, 4) is 11.4 Å². The smallest absolute Gasteiger partial charge is 0.251 e. The van der Waals surface area contributed by atoms with Crippen molar-refractivity contribution < 1.29 is 0 Å². The van der Waals surface area contributed by atoms with Gasteiger partial charge >= 0.3 is 0 Å². The summed E-state index contributed by atoms with van der Waals surface area (Å²) in [7, 11) is 0. The third-order valence-corrected chi connectivity index (χ3v) is 2.32. The van der Waals surface area contributed by atoms with Crippen LogP contribution in [0.25, 0.3) is 11.4 Å². The van der Waals surface area contributed by atoms with Gasteiger partial charge in [-0.25, -0.2) is 4.98 Å². The first-order chi connectivity index (χ1) is 7.69. The highest BCUT2D eigenvalue weighted by molar-refractivity contribution is 5.60. The summed E-state index contributed by atoms with van der Waals surface area (Å²) in [5.74, 6) is 0.566. The SMILES string of the molecule is CCc1cc(=O)[nH]c(-c2cccc(N)c2)n1. The lowest BCUT2D eigenvalue weighted by Gasteiger charge is -2.03. The molecule has 2 aromatic rings. The largest absolute Gasteiger partial charge is 0.399 e. The summed E-state index contributed by atoms with van der Waals surface area (Å²) in [6.45, 7) is 1.96. The van der Waals surface area contributed by atoms with E-state index in [0.717, 1.165) is 17.7 Å². The standard InChI is InChI=1S/C12H13N3O/c1-2-10-7-11(16)15-12(14-10)8-4-3-5-9(13)6-8/h3-7H,2,13H2,1H3,(H,14,15,16). The molecule has 82 valence electrons. The molecular weight excluding hydrogens is 202 g/mol. The van der Waals surface area contributed by atoms with Crippen LogP contribution in [0.5, 0.6) is 0 Å². The number of aromatic nitrogens is 2. The van der Waals surface area contributed by atoms with Crippen molar-refractivity contribution in [3.63, 3.8) is 0 Å². The molecule has 4 nitrogen and oxygen atoms in total. The summed E-state index contributed by atoms with van der Waals surface area (Å²) in [4.78, 5) is 18.5. The zero-order chi connectivity index (χ0) is 11.5. The van der Waals surface area contributed by atoms with Crippen molar-refractivity contribution >= 4 is 5.69 Å². The number of H-pyrrole nitrogens is 1. The quantitative estimate of drug-likeness (QED) is 0.747. The summed E-state index contributed by atoms with van der Waals surface area (Å²) in [5, 5.41) is 0. The fraction of sp³-hybridized carbons (Fsp3) is 0.167. The molecule has 0 aliphatic rings. The van der Waals surface area contributed by atoms with E-state index >= 15 is 0 Å². The first-order valence-corrected chi connectivity index (χ1v) is 5.15. The van der Waals surface area contributed by atoms with E-state index in [1.54, 1.807) is 12.1 Å². The van der Waals surface area contributed by atoms with Crippen LogP contribution in [-0.4, -0.2) is 9.97 Å². The van der Waals surface area contributed by atoms with E-state index in [2.05, 4.69) is 9.97 Å². The van der Waals surface area contributed by atoms with Crippen molar-refractivity contribution in [2.45, 2.75) is 13.3 Å². The zero-order valence-corrected chi connectivity index (χ0v) is 9.03. The number of nitrogens with one attached hydrogen (secondary N) is 1. The second-order valence-corrected chi connectivity index (χ2v) is 3.56. The molecule has 0 aliphatic carbocycles. The molecule has 3 N–H and O–H groups in total. The molecular formula is C12H13N3O. The lowest BCUT2D eigenvalue weighted by atomic mass is 10.2. The molecule has 0 amide bonds. The maximum Gasteiger partial charge on any atom is 0.251 e. The van der Waals surface area contributed by atoms with Gasteiger partial charge in [0.15, 0.2) is 0 Å². The van der Waals surface area contributed by atoms with Crippen LogP contribution in [0.1, 0.15) is 12.6 Å². The van der Waals surface area contributed by atoms with Crippen molar-refractivity contribution in [2.75, 3.05) is 5.73 Å². The molecule has 0 spiro atoms. The molecule has 0 saturated carbocycles. The lowest BCUT2D eigenvalue weighted by Crippen LogP contribution is -2.09. The van der Waals surface area contributed by atoms with Gasteiger partial charge in [-0.2, -0.15) is 0 Å². The van der Waals surface area contributed by atoms with Gasteiger partial charge in [0.05, 0.1) is 0 Å². The fourth-order valence-electron chi connectivity index (χ4n) is 1.51. The Morgan fingerprint density at radius 2 is 2.19 bits per heavy atom. The topological polar surface area (TPSA) is 71.8 Å². The molecule has 1 aromatic carbocycles. The summed E-state index contributed by atoms with van der Waals surface area (Å²) >= 11 is 0. The maximum absolute atomic E-state index is 11.4. The molecule has 0 fully saturated rings. The van der Waals surface area contributed by atoms with Gasteiger partial charge in [-0.15, -0.1) is 0 Å². The highest BCUT2D eigenvalue weighted by Crippen LogP contribution is 2.16. The minimum Gasteiger partial charge on any atom is -0.399 e. The Kier molecular flexibility index (Phi) is 2.72. The molecule has 0 radical (unpaired) electrons. The predicted molar refractivity (Wildman–Crippen MR) is 64.1 cm³/mol. The van der Waals surface area contributed by atoms with Crippen molar-refractivity contribution in [3.05, 3.63) is 46.4 Å². The second kappa shape index (κ2) is 4.18. The van der Waals surface area contributed by atoms with E-state index in [4.69, 9.17) is 5.73 Å². The van der Waals surface area contributed by atoms with Crippen LogP contribution in [0.15, 0.2) is 35.1 Å². The lowest BCUT2D eigenvalue weighted by molar-refractivity contribution is 0.987. The third kappa shape index (κ3) is 2.11. The van der Waals surface area contributed by atoms with Gasteiger partial charge in [-0.05, 0) is 18.6 Å². The highest BCUT2D eigenvalue weighted by atomic mass is 16.1. The molecule has 16 heavy (non-hydrogen) atoms. The molecule has 1 aromatic heterocycles. The van der Waals surface area contributed by atoms with E-state index in [1.807, 2.05) is 19.1 Å². The summed E-state index contributed by atoms with van der Waals surface area (Å²) in [5.41, 5.74) is 7.81. The van der Waals surface area contributed by atoms with Crippen LogP contribution < -0.4 is 11.3 Å². The van der Waals surface area contributed by atoms with Crippen LogP contribution in [-0.2, 0) is 6.42 Å². The Morgan fingerprint density at radius 1 is 1.38 bits per heavy atom. The van der Waals surface area contributed by atoms with E-state index in [0.29, 0.717) is 11.5 Å².